The molecule has 1 heterocycles. The number of rotatable bonds is 10. The second-order valence-corrected chi connectivity index (χ2v) is 10.0. The number of carbonyl (C=O) groups is 3. The van der Waals surface area contributed by atoms with Gasteiger partial charge in [-0.2, -0.15) is 0 Å². The predicted molar refractivity (Wildman–Crippen MR) is 147 cm³/mol. The molecule has 0 fully saturated rings. The average molecular weight is 550 g/mol. The van der Waals surface area contributed by atoms with Gasteiger partial charge in [0.25, 0.3) is 5.91 Å². The Morgan fingerprint density at radius 2 is 1.76 bits per heavy atom. The number of benzene rings is 3. The third kappa shape index (κ3) is 7.50. The molecule has 3 aromatic carbocycles. The van der Waals surface area contributed by atoms with E-state index in [4.69, 9.17) is 4.74 Å². The van der Waals surface area contributed by atoms with Crippen molar-refractivity contribution in [3.63, 3.8) is 0 Å². The maximum Gasteiger partial charge on any atom is 0.311 e. The molecule has 4 rings (SSSR count). The first-order valence-electron chi connectivity index (χ1n) is 11.7. The van der Waals surface area contributed by atoms with Crippen molar-refractivity contribution in [1.29, 1.82) is 0 Å². The van der Waals surface area contributed by atoms with Crippen molar-refractivity contribution in [3.05, 3.63) is 107 Å². The average Bonchev–Trinajstić information content (AvgIpc) is 3.34. The van der Waals surface area contributed by atoms with Crippen molar-refractivity contribution < 1.29 is 23.5 Å². The molecule has 0 aliphatic carbocycles. The number of hydrogen-bond donors (Lipinski definition) is 2. The van der Waals surface area contributed by atoms with E-state index in [0.717, 1.165) is 10.5 Å². The van der Waals surface area contributed by atoms with Crippen LogP contribution in [0.4, 0.5) is 15.2 Å². The second-order valence-electron chi connectivity index (χ2n) is 8.01. The van der Waals surface area contributed by atoms with Crippen molar-refractivity contribution in [1.82, 2.24) is 4.98 Å². The van der Waals surface area contributed by atoms with Crippen LogP contribution in [0.15, 0.2) is 89.1 Å². The van der Waals surface area contributed by atoms with Gasteiger partial charge in [0.1, 0.15) is 11.1 Å². The van der Waals surface area contributed by atoms with Crippen LogP contribution in [0.25, 0.3) is 0 Å². The minimum Gasteiger partial charge on any atom is -0.466 e. The fraction of sp³-hybridized carbons (Fsp3) is 0.143. The first kappa shape index (κ1) is 27.0. The van der Waals surface area contributed by atoms with Gasteiger partial charge < -0.3 is 15.4 Å². The van der Waals surface area contributed by atoms with Gasteiger partial charge in [0.05, 0.1) is 18.7 Å². The second kappa shape index (κ2) is 13.0. The Hall–Kier alpha value is -4.02. The van der Waals surface area contributed by atoms with Crippen LogP contribution in [0.5, 0.6) is 0 Å². The Kier molecular flexibility index (Phi) is 9.23. The molecule has 7 nitrogen and oxygen atoms in total. The van der Waals surface area contributed by atoms with Gasteiger partial charge in [-0.05, 0) is 55.0 Å². The van der Waals surface area contributed by atoms with Crippen LogP contribution in [0, 0.1) is 5.82 Å². The van der Waals surface area contributed by atoms with E-state index in [2.05, 4.69) is 15.6 Å². The van der Waals surface area contributed by atoms with Crippen LogP contribution in [0.3, 0.4) is 0 Å². The molecule has 0 saturated heterocycles. The number of ether oxygens (including phenoxy) is 1. The molecule has 194 valence electrons. The van der Waals surface area contributed by atoms with Gasteiger partial charge in [-0.15, -0.1) is 23.1 Å². The number of anilines is 2. The first-order chi connectivity index (χ1) is 18.4. The SMILES string of the molecule is CCOC(=O)Cc1csc(NC(=O)C(Sc2cccc(NC(=O)c3ccc(F)cc3)c2)c2ccccc2)n1. The number of thioether (sulfide) groups is 1. The highest BCUT2D eigenvalue weighted by Gasteiger charge is 2.23. The maximum absolute atomic E-state index is 13.4. The molecule has 1 aromatic heterocycles. The lowest BCUT2D eigenvalue weighted by molar-refractivity contribution is -0.142. The summed E-state index contributed by atoms with van der Waals surface area (Å²) in [6.07, 6.45) is 0.0352. The normalized spacial score (nSPS) is 11.4. The Morgan fingerprint density at radius 1 is 1.00 bits per heavy atom. The summed E-state index contributed by atoms with van der Waals surface area (Å²) in [7, 11) is 0. The van der Waals surface area contributed by atoms with Gasteiger partial charge in [0.15, 0.2) is 5.13 Å². The van der Waals surface area contributed by atoms with E-state index in [-0.39, 0.29) is 24.2 Å². The monoisotopic (exact) mass is 549 g/mol. The lowest BCUT2D eigenvalue weighted by atomic mass is 10.1. The van der Waals surface area contributed by atoms with Crippen LogP contribution < -0.4 is 10.6 Å². The van der Waals surface area contributed by atoms with Crippen molar-refractivity contribution in [2.75, 3.05) is 17.2 Å². The minimum atomic E-state index is -0.614. The number of hydrogen-bond acceptors (Lipinski definition) is 7. The molecule has 0 spiro atoms. The van der Waals surface area contributed by atoms with E-state index >= 15 is 0 Å². The fourth-order valence-corrected chi connectivity index (χ4v) is 5.26. The highest BCUT2D eigenvalue weighted by atomic mass is 32.2. The van der Waals surface area contributed by atoms with Crippen molar-refractivity contribution in [2.45, 2.75) is 23.5 Å². The standard InChI is InChI=1S/C28H24FN3O4S2/c1-2-36-24(33)16-22-17-37-28(31-22)32-27(35)25(18-7-4-3-5-8-18)38-23-10-6-9-21(15-23)30-26(34)19-11-13-20(29)14-12-19/h3-15,17,25H,2,16H2,1H3,(H,30,34)(H,31,32,35). The number of nitrogens with one attached hydrogen (secondary N) is 2. The molecule has 1 atom stereocenters. The highest BCUT2D eigenvalue weighted by molar-refractivity contribution is 8.00. The molecule has 2 N–H and O–H groups in total. The number of halogens is 1. The molecule has 10 heteroatoms. The van der Waals surface area contributed by atoms with Crippen LogP contribution in [-0.2, 0) is 20.7 Å². The number of aromatic nitrogens is 1. The summed E-state index contributed by atoms with van der Waals surface area (Å²) >= 11 is 2.56. The molecule has 1 unspecified atom stereocenters. The number of nitrogens with zero attached hydrogens (tertiary/aromatic N) is 1. The number of amides is 2. The molecule has 0 aliphatic rings. The van der Waals surface area contributed by atoms with Crippen LogP contribution in [0.2, 0.25) is 0 Å². The van der Waals surface area contributed by atoms with E-state index in [9.17, 15) is 18.8 Å². The van der Waals surface area contributed by atoms with Crippen molar-refractivity contribution >= 4 is 51.7 Å². The van der Waals surface area contributed by atoms with Crippen molar-refractivity contribution in [2.24, 2.45) is 0 Å². The Morgan fingerprint density at radius 3 is 2.50 bits per heavy atom. The molecule has 0 saturated carbocycles. The third-order valence-electron chi connectivity index (χ3n) is 5.21. The Balaban J connectivity index is 1.48. The summed E-state index contributed by atoms with van der Waals surface area (Å²) in [5, 5.41) is 7.14. The molecule has 38 heavy (non-hydrogen) atoms. The number of carbonyl (C=O) groups excluding carboxylic acids is 3. The topological polar surface area (TPSA) is 97.4 Å². The summed E-state index contributed by atoms with van der Waals surface area (Å²) in [5.41, 5.74) is 2.19. The van der Waals surface area contributed by atoms with E-state index < -0.39 is 11.1 Å². The zero-order valence-corrected chi connectivity index (χ0v) is 22.0. The summed E-state index contributed by atoms with van der Waals surface area (Å²) < 4.78 is 18.1. The fourth-order valence-electron chi connectivity index (χ4n) is 3.46. The van der Waals surface area contributed by atoms with Crippen LogP contribution in [0.1, 0.15) is 33.8 Å². The minimum absolute atomic E-state index is 0.0352. The summed E-state index contributed by atoms with van der Waals surface area (Å²) in [6, 6.07) is 21.7. The quantitative estimate of drug-likeness (QED) is 0.183. The van der Waals surface area contributed by atoms with Gasteiger partial charge in [-0.3, -0.25) is 14.4 Å². The molecular formula is C28H24FN3O4S2. The first-order valence-corrected chi connectivity index (χ1v) is 13.5. The van der Waals surface area contributed by atoms with Crippen LogP contribution >= 0.6 is 23.1 Å². The van der Waals surface area contributed by atoms with Gasteiger partial charge in [-0.1, -0.05) is 36.4 Å². The Labute approximate surface area is 227 Å². The smallest absolute Gasteiger partial charge is 0.311 e. The zero-order chi connectivity index (χ0) is 26.9. The van der Waals surface area contributed by atoms with Gasteiger partial charge >= 0.3 is 5.97 Å². The summed E-state index contributed by atoms with van der Waals surface area (Å²) in [5.74, 6) is -1.44. The summed E-state index contributed by atoms with van der Waals surface area (Å²) in [4.78, 5) is 42.8. The van der Waals surface area contributed by atoms with Crippen molar-refractivity contribution in [3.8, 4) is 0 Å². The van der Waals surface area contributed by atoms with E-state index in [1.807, 2.05) is 36.4 Å². The summed E-state index contributed by atoms with van der Waals surface area (Å²) in [6.45, 7) is 2.03. The molecule has 0 bridgehead atoms. The molecule has 2 amide bonds. The largest absolute Gasteiger partial charge is 0.466 e. The number of thiazole rings is 1. The zero-order valence-electron chi connectivity index (χ0n) is 20.3. The lowest BCUT2D eigenvalue weighted by Crippen LogP contribution is -2.19. The number of esters is 1. The van der Waals surface area contributed by atoms with E-state index in [0.29, 0.717) is 28.7 Å². The van der Waals surface area contributed by atoms with E-state index in [1.165, 1.54) is 47.4 Å². The molecule has 0 aliphatic heterocycles. The van der Waals surface area contributed by atoms with Gasteiger partial charge in [0, 0.05) is 21.5 Å². The predicted octanol–water partition coefficient (Wildman–Crippen LogP) is 6.11. The molecular weight excluding hydrogens is 525 g/mol. The van der Waals surface area contributed by atoms with E-state index in [1.54, 1.807) is 30.5 Å². The molecule has 4 aromatic rings. The third-order valence-corrected chi connectivity index (χ3v) is 7.26. The lowest BCUT2D eigenvalue weighted by Gasteiger charge is -2.17. The van der Waals surface area contributed by atoms with Crippen LogP contribution in [-0.4, -0.2) is 29.4 Å². The highest BCUT2D eigenvalue weighted by Crippen LogP contribution is 2.37. The maximum atomic E-state index is 13.4. The molecule has 0 radical (unpaired) electrons. The van der Waals surface area contributed by atoms with Gasteiger partial charge in [0.2, 0.25) is 5.91 Å². The Bertz CT molecular complexity index is 1410. The van der Waals surface area contributed by atoms with Gasteiger partial charge in [-0.25, -0.2) is 9.37 Å².